The molecule has 0 spiro atoms. The molecule has 128 valence electrons. The molecular formula is C17H23N5OS. The third-order valence-electron chi connectivity index (χ3n) is 4.82. The van der Waals surface area contributed by atoms with Gasteiger partial charge in [-0.05, 0) is 25.8 Å². The molecule has 6 nitrogen and oxygen atoms in total. The molecule has 7 heteroatoms. The summed E-state index contributed by atoms with van der Waals surface area (Å²) in [5.74, 6) is 1.93. The van der Waals surface area contributed by atoms with E-state index < -0.39 is 0 Å². The maximum atomic E-state index is 5.73. The van der Waals surface area contributed by atoms with Crippen molar-refractivity contribution in [3.8, 4) is 0 Å². The largest absolute Gasteiger partial charge is 0.378 e. The molecular weight excluding hydrogens is 322 g/mol. The summed E-state index contributed by atoms with van der Waals surface area (Å²) in [6.45, 7) is 7.48. The monoisotopic (exact) mass is 345 g/mol. The summed E-state index contributed by atoms with van der Waals surface area (Å²) in [6.07, 6.45) is 4.39. The predicted octanol–water partition coefficient (Wildman–Crippen LogP) is 2.42. The zero-order valence-corrected chi connectivity index (χ0v) is 14.8. The zero-order chi connectivity index (χ0) is 16.4. The predicted molar refractivity (Wildman–Crippen MR) is 94.3 cm³/mol. The number of ether oxygens (including phenoxy) is 1. The SMILES string of the molecule is Cc1ncsc1CN1CCOC[C@@H]1c1nccc(N2CCCC2)n1. The first-order valence-corrected chi connectivity index (χ1v) is 9.48. The van der Waals surface area contributed by atoms with Gasteiger partial charge in [0.05, 0.1) is 30.5 Å². The first-order valence-electron chi connectivity index (χ1n) is 8.60. The molecule has 2 aliphatic rings. The van der Waals surface area contributed by atoms with Crippen LogP contribution in [0.5, 0.6) is 0 Å². The lowest BCUT2D eigenvalue weighted by atomic mass is 10.2. The number of rotatable bonds is 4. The van der Waals surface area contributed by atoms with Crippen LogP contribution in [0.3, 0.4) is 0 Å². The molecule has 0 saturated carbocycles. The Bertz CT molecular complexity index is 685. The fourth-order valence-electron chi connectivity index (χ4n) is 3.37. The highest BCUT2D eigenvalue weighted by molar-refractivity contribution is 7.09. The van der Waals surface area contributed by atoms with E-state index in [-0.39, 0.29) is 6.04 Å². The molecule has 24 heavy (non-hydrogen) atoms. The van der Waals surface area contributed by atoms with Gasteiger partial charge in [0.15, 0.2) is 0 Å². The van der Waals surface area contributed by atoms with Crippen LogP contribution in [0, 0.1) is 6.92 Å². The van der Waals surface area contributed by atoms with Gasteiger partial charge in [-0.3, -0.25) is 4.90 Å². The van der Waals surface area contributed by atoms with Crippen LogP contribution >= 0.6 is 11.3 Å². The molecule has 2 saturated heterocycles. The van der Waals surface area contributed by atoms with Crippen LogP contribution in [0.1, 0.15) is 35.3 Å². The molecule has 2 aromatic heterocycles. The van der Waals surface area contributed by atoms with E-state index in [9.17, 15) is 0 Å². The van der Waals surface area contributed by atoms with Crippen molar-refractivity contribution < 1.29 is 4.74 Å². The van der Waals surface area contributed by atoms with Gasteiger partial charge < -0.3 is 9.64 Å². The molecule has 0 bridgehead atoms. The minimum absolute atomic E-state index is 0.114. The number of aryl methyl sites for hydroxylation is 1. The molecule has 2 aliphatic heterocycles. The highest BCUT2D eigenvalue weighted by Gasteiger charge is 2.28. The second kappa shape index (κ2) is 7.13. The van der Waals surface area contributed by atoms with Crippen LogP contribution in [0.2, 0.25) is 0 Å². The summed E-state index contributed by atoms with van der Waals surface area (Å²) < 4.78 is 5.73. The molecule has 0 aliphatic carbocycles. The van der Waals surface area contributed by atoms with Crippen molar-refractivity contribution in [2.75, 3.05) is 37.7 Å². The molecule has 0 unspecified atom stereocenters. The Labute approximate surface area is 146 Å². The van der Waals surface area contributed by atoms with E-state index in [4.69, 9.17) is 9.72 Å². The number of nitrogens with zero attached hydrogens (tertiary/aromatic N) is 5. The van der Waals surface area contributed by atoms with E-state index in [0.717, 1.165) is 50.1 Å². The van der Waals surface area contributed by atoms with Crippen molar-refractivity contribution in [1.29, 1.82) is 0 Å². The zero-order valence-electron chi connectivity index (χ0n) is 14.0. The highest BCUT2D eigenvalue weighted by Crippen LogP contribution is 2.27. The summed E-state index contributed by atoms with van der Waals surface area (Å²) in [6, 6.07) is 2.14. The van der Waals surface area contributed by atoms with Gasteiger partial charge in [-0.1, -0.05) is 0 Å². The summed E-state index contributed by atoms with van der Waals surface area (Å²) in [7, 11) is 0. The second-order valence-corrected chi connectivity index (χ2v) is 7.33. The van der Waals surface area contributed by atoms with E-state index in [2.05, 4.69) is 26.7 Å². The van der Waals surface area contributed by atoms with E-state index in [1.165, 1.54) is 17.7 Å². The van der Waals surface area contributed by atoms with Gasteiger partial charge in [0.25, 0.3) is 0 Å². The van der Waals surface area contributed by atoms with Gasteiger partial charge in [-0.15, -0.1) is 11.3 Å². The third kappa shape index (κ3) is 3.29. The fourth-order valence-corrected chi connectivity index (χ4v) is 4.18. The van der Waals surface area contributed by atoms with E-state index >= 15 is 0 Å². The van der Waals surface area contributed by atoms with E-state index in [1.807, 2.05) is 17.8 Å². The Balaban J connectivity index is 1.56. The Hall–Kier alpha value is -1.57. The number of morpholine rings is 1. The standard InChI is InChI=1S/C17H23N5OS/c1-13-15(24-12-19-13)10-22-8-9-23-11-14(22)17-18-5-4-16(20-17)21-6-2-3-7-21/h4-5,12,14H,2-3,6-11H2,1H3/t14-/m1/s1. The van der Waals surface area contributed by atoms with Gasteiger partial charge in [-0.25, -0.2) is 15.0 Å². The summed E-state index contributed by atoms with van der Waals surface area (Å²) in [5.41, 5.74) is 3.04. The topological polar surface area (TPSA) is 54.4 Å². The van der Waals surface area contributed by atoms with Gasteiger partial charge in [0.1, 0.15) is 11.6 Å². The van der Waals surface area contributed by atoms with Gasteiger partial charge in [0, 0.05) is 37.3 Å². The van der Waals surface area contributed by atoms with Crippen LogP contribution in [-0.4, -0.2) is 52.7 Å². The molecule has 2 aromatic rings. The molecule has 4 heterocycles. The van der Waals surface area contributed by atoms with Crippen molar-refractivity contribution in [2.45, 2.75) is 32.4 Å². The molecule has 1 atom stereocenters. The average molecular weight is 345 g/mol. The van der Waals surface area contributed by atoms with Crippen LogP contribution in [0.4, 0.5) is 5.82 Å². The van der Waals surface area contributed by atoms with E-state index in [1.54, 1.807) is 11.3 Å². The lowest BCUT2D eigenvalue weighted by Crippen LogP contribution is -2.40. The molecule has 0 amide bonds. The van der Waals surface area contributed by atoms with Gasteiger partial charge in [-0.2, -0.15) is 0 Å². The number of hydrogen-bond donors (Lipinski definition) is 0. The quantitative estimate of drug-likeness (QED) is 0.848. The number of aromatic nitrogens is 3. The Morgan fingerprint density at radius 3 is 2.92 bits per heavy atom. The highest BCUT2D eigenvalue weighted by atomic mass is 32.1. The summed E-state index contributed by atoms with van der Waals surface area (Å²) >= 11 is 1.72. The van der Waals surface area contributed by atoms with Crippen molar-refractivity contribution in [3.05, 3.63) is 34.2 Å². The van der Waals surface area contributed by atoms with Crippen molar-refractivity contribution >= 4 is 17.2 Å². The van der Waals surface area contributed by atoms with Crippen molar-refractivity contribution in [1.82, 2.24) is 19.9 Å². The number of anilines is 1. The normalized spacial score (nSPS) is 22.2. The Morgan fingerprint density at radius 2 is 2.12 bits per heavy atom. The summed E-state index contributed by atoms with van der Waals surface area (Å²) in [5, 5.41) is 0. The van der Waals surface area contributed by atoms with Crippen molar-refractivity contribution in [2.24, 2.45) is 0 Å². The smallest absolute Gasteiger partial charge is 0.150 e. The van der Waals surface area contributed by atoms with Crippen LogP contribution < -0.4 is 4.90 Å². The number of hydrogen-bond acceptors (Lipinski definition) is 7. The Morgan fingerprint density at radius 1 is 1.25 bits per heavy atom. The van der Waals surface area contributed by atoms with Gasteiger partial charge in [0.2, 0.25) is 0 Å². The first kappa shape index (κ1) is 15.9. The maximum Gasteiger partial charge on any atom is 0.150 e. The molecule has 4 rings (SSSR count). The Kier molecular flexibility index (Phi) is 4.73. The lowest BCUT2D eigenvalue weighted by Gasteiger charge is -2.34. The van der Waals surface area contributed by atoms with Gasteiger partial charge >= 0.3 is 0 Å². The summed E-state index contributed by atoms with van der Waals surface area (Å²) in [4.78, 5) is 19.9. The van der Waals surface area contributed by atoms with Crippen LogP contribution in [-0.2, 0) is 11.3 Å². The fraction of sp³-hybridized carbons (Fsp3) is 0.588. The van der Waals surface area contributed by atoms with E-state index in [0.29, 0.717) is 6.61 Å². The molecule has 0 radical (unpaired) electrons. The molecule has 0 N–H and O–H groups in total. The molecule has 2 fully saturated rings. The average Bonchev–Trinajstić information content (AvgIpc) is 3.28. The minimum Gasteiger partial charge on any atom is -0.378 e. The number of thiazole rings is 1. The third-order valence-corrected chi connectivity index (χ3v) is 5.74. The van der Waals surface area contributed by atoms with Crippen LogP contribution in [0.15, 0.2) is 17.8 Å². The van der Waals surface area contributed by atoms with Crippen molar-refractivity contribution in [3.63, 3.8) is 0 Å². The second-order valence-electron chi connectivity index (χ2n) is 6.39. The minimum atomic E-state index is 0.114. The first-order chi connectivity index (χ1) is 11.8. The maximum absolute atomic E-state index is 5.73. The lowest BCUT2D eigenvalue weighted by molar-refractivity contribution is -0.0155. The molecule has 0 aromatic carbocycles. The van der Waals surface area contributed by atoms with Crippen LogP contribution in [0.25, 0.3) is 0 Å².